The predicted molar refractivity (Wildman–Crippen MR) is 74.0 cm³/mol. The fraction of sp³-hybridized carbons (Fsp3) is 0.462. The van der Waals surface area contributed by atoms with Crippen molar-refractivity contribution in [2.45, 2.75) is 19.8 Å². The van der Waals surface area contributed by atoms with Gasteiger partial charge in [0.05, 0.1) is 0 Å². The number of rotatable bonds is 4. The van der Waals surface area contributed by atoms with Gasteiger partial charge in [-0.05, 0) is 42.9 Å². The zero-order chi connectivity index (χ0) is 12.5. The molecule has 0 atom stereocenters. The Bertz CT molecular complexity index is 443. The number of benzene rings is 1. The van der Waals surface area contributed by atoms with Gasteiger partial charge in [-0.25, -0.2) is 0 Å². The summed E-state index contributed by atoms with van der Waals surface area (Å²) in [6.45, 7) is 2.66. The van der Waals surface area contributed by atoms with E-state index >= 15 is 0 Å². The Morgan fingerprint density at radius 2 is 2.24 bits per heavy atom. The van der Waals surface area contributed by atoms with Crippen LogP contribution in [0.5, 0.6) is 0 Å². The molecular weight excluding hydrogens is 302 g/mol. The molecule has 17 heavy (non-hydrogen) atoms. The molecule has 1 fully saturated rings. The fourth-order valence-corrected chi connectivity index (χ4v) is 2.67. The quantitative estimate of drug-likeness (QED) is 0.846. The Morgan fingerprint density at radius 1 is 1.53 bits per heavy atom. The van der Waals surface area contributed by atoms with Crippen LogP contribution in [0.1, 0.15) is 28.8 Å². The van der Waals surface area contributed by atoms with Gasteiger partial charge in [0.25, 0.3) is 5.91 Å². The molecule has 0 aliphatic heterocycles. The summed E-state index contributed by atoms with van der Waals surface area (Å²) in [5.41, 5.74) is 1.92. The Labute approximate surface area is 115 Å². The maximum Gasteiger partial charge on any atom is 0.251 e. The van der Waals surface area contributed by atoms with E-state index in [9.17, 15) is 4.79 Å². The van der Waals surface area contributed by atoms with E-state index in [0.717, 1.165) is 17.4 Å². The van der Waals surface area contributed by atoms with Crippen LogP contribution < -0.4 is 5.32 Å². The van der Waals surface area contributed by atoms with E-state index in [2.05, 4.69) is 21.2 Å². The number of alkyl halides is 1. The molecular formula is C13H15BrClNO. The Balaban J connectivity index is 2.02. The summed E-state index contributed by atoms with van der Waals surface area (Å²) in [5, 5.41) is 4.55. The summed E-state index contributed by atoms with van der Waals surface area (Å²) in [5.74, 6) is -0.0303. The third kappa shape index (κ3) is 3.02. The van der Waals surface area contributed by atoms with Gasteiger partial charge >= 0.3 is 0 Å². The second kappa shape index (κ2) is 4.99. The number of hydrogen-bond donors (Lipinski definition) is 1. The Hall–Kier alpha value is -0.540. The largest absolute Gasteiger partial charge is 0.351 e. The molecule has 92 valence electrons. The molecule has 4 heteroatoms. The minimum atomic E-state index is -0.0303. The number of halogens is 2. The second-order valence-electron chi connectivity index (χ2n) is 4.78. The molecule has 1 aromatic carbocycles. The highest BCUT2D eigenvalue weighted by molar-refractivity contribution is 9.09. The van der Waals surface area contributed by atoms with Crippen LogP contribution >= 0.6 is 27.5 Å². The van der Waals surface area contributed by atoms with E-state index in [1.165, 1.54) is 12.8 Å². The second-order valence-corrected chi connectivity index (χ2v) is 5.77. The highest BCUT2D eigenvalue weighted by Gasteiger charge is 2.41. The van der Waals surface area contributed by atoms with Crippen molar-refractivity contribution in [3.63, 3.8) is 0 Å². The lowest BCUT2D eigenvalue weighted by Crippen LogP contribution is -2.31. The summed E-state index contributed by atoms with van der Waals surface area (Å²) < 4.78 is 0. The zero-order valence-corrected chi connectivity index (χ0v) is 12.1. The highest BCUT2D eigenvalue weighted by Crippen LogP contribution is 2.46. The SMILES string of the molecule is Cc1ccc(Cl)cc1C(=O)NCC1(CBr)CC1. The first-order valence-electron chi connectivity index (χ1n) is 5.67. The number of amides is 1. The number of carbonyl (C=O) groups is 1. The van der Waals surface area contributed by atoms with Gasteiger partial charge in [-0.1, -0.05) is 33.6 Å². The predicted octanol–water partition coefficient (Wildman–Crippen LogP) is 3.55. The molecule has 1 N–H and O–H groups in total. The lowest BCUT2D eigenvalue weighted by molar-refractivity contribution is 0.0946. The van der Waals surface area contributed by atoms with Crippen molar-refractivity contribution in [3.05, 3.63) is 34.3 Å². The van der Waals surface area contributed by atoms with Gasteiger partial charge in [-0.15, -0.1) is 0 Å². The van der Waals surface area contributed by atoms with Gasteiger partial charge in [0.15, 0.2) is 0 Å². The van der Waals surface area contributed by atoms with Gasteiger partial charge in [0, 0.05) is 22.5 Å². The van der Waals surface area contributed by atoms with Crippen LogP contribution in [0.25, 0.3) is 0 Å². The van der Waals surface area contributed by atoms with Crippen molar-refractivity contribution in [2.24, 2.45) is 5.41 Å². The normalized spacial score (nSPS) is 16.6. The van der Waals surface area contributed by atoms with Crippen LogP contribution in [-0.2, 0) is 0 Å². The smallest absolute Gasteiger partial charge is 0.251 e. The number of carbonyl (C=O) groups excluding carboxylic acids is 1. The standard InChI is InChI=1S/C13H15BrClNO/c1-9-2-3-10(15)6-11(9)12(17)16-8-13(7-14)4-5-13/h2-3,6H,4-5,7-8H2,1H3,(H,16,17). The lowest BCUT2D eigenvalue weighted by Gasteiger charge is -2.13. The summed E-state index contributed by atoms with van der Waals surface area (Å²) in [4.78, 5) is 12.0. The lowest BCUT2D eigenvalue weighted by atomic mass is 10.1. The minimum absolute atomic E-state index is 0.0303. The van der Waals surface area contributed by atoms with Crippen LogP contribution in [0.3, 0.4) is 0 Å². The van der Waals surface area contributed by atoms with Crippen molar-refractivity contribution in [1.82, 2.24) is 5.32 Å². The third-order valence-electron chi connectivity index (χ3n) is 3.31. The fourth-order valence-electron chi connectivity index (χ4n) is 1.74. The van der Waals surface area contributed by atoms with E-state index in [0.29, 0.717) is 16.0 Å². The van der Waals surface area contributed by atoms with Crippen LogP contribution in [0, 0.1) is 12.3 Å². The molecule has 0 radical (unpaired) electrons. The maximum atomic E-state index is 12.0. The molecule has 2 rings (SSSR count). The molecule has 1 aliphatic carbocycles. The molecule has 0 saturated heterocycles. The summed E-state index contributed by atoms with van der Waals surface area (Å²) in [7, 11) is 0. The molecule has 0 spiro atoms. The Morgan fingerprint density at radius 3 is 2.82 bits per heavy atom. The van der Waals surface area contributed by atoms with Crippen molar-refractivity contribution < 1.29 is 4.79 Å². The molecule has 0 heterocycles. The van der Waals surface area contributed by atoms with Gasteiger partial charge in [-0.2, -0.15) is 0 Å². The van der Waals surface area contributed by atoms with Gasteiger partial charge in [-0.3, -0.25) is 4.79 Å². The van der Waals surface area contributed by atoms with Gasteiger partial charge in [0.2, 0.25) is 0 Å². The first-order chi connectivity index (χ1) is 8.06. The highest BCUT2D eigenvalue weighted by atomic mass is 79.9. The summed E-state index contributed by atoms with van der Waals surface area (Å²) >= 11 is 9.40. The maximum absolute atomic E-state index is 12.0. The third-order valence-corrected chi connectivity index (χ3v) is 4.73. The minimum Gasteiger partial charge on any atom is -0.351 e. The molecule has 0 bridgehead atoms. The number of hydrogen-bond acceptors (Lipinski definition) is 1. The Kier molecular flexibility index (Phi) is 3.79. The topological polar surface area (TPSA) is 29.1 Å². The van der Waals surface area contributed by atoms with Crippen molar-refractivity contribution in [3.8, 4) is 0 Å². The first-order valence-corrected chi connectivity index (χ1v) is 7.17. The number of nitrogens with one attached hydrogen (secondary N) is 1. The molecule has 1 amide bonds. The van der Waals surface area contributed by atoms with Crippen LogP contribution in [0.15, 0.2) is 18.2 Å². The summed E-state index contributed by atoms with van der Waals surface area (Å²) in [6, 6.07) is 5.39. The summed E-state index contributed by atoms with van der Waals surface area (Å²) in [6.07, 6.45) is 2.38. The molecule has 1 aromatic rings. The van der Waals surface area contributed by atoms with E-state index in [4.69, 9.17) is 11.6 Å². The van der Waals surface area contributed by atoms with Crippen molar-refractivity contribution in [2.75, 3.05) is 11.9 Å². The van der Waals surface area contributed by atoms with Crippen LogP contribution in [-0.4, -0.2) is 17.8 Å². The number of aryl methyl sites for hydroxylation is 1. The van der Waals surface area contributed by atoms with E-state index in [1.807, 2.05) is 13.0 Å². The van der Waals surface area contributed by atoms with Gasteiger partial charge < -0.3 is 5.32 Å². The van der Waals surface area contributed by atoms with Crippen molar-refractivity contribution in [1.29, 1.82) is 0 Å². The average molecular weight is 317 g/mol. The van der Waals surface area contributed by atoms with Crippen molar-refractivity contribution >= 4 is 33.4 Å². The van der Waals surface area contributed by atoms with Gasteiger partial charge in [0.1, 0.15) is 0 Å². The molecule has 2 nitrogen and oxygen atoms in total. The first kappa shape index (κ1) is 12.9. The zero-order valence-electron chi connectivity index (χ0n) is 9.72. The molecule has 0 aromatic heterocycles. The van der Waals surface area contributed by atoms with E-state index in [-0.39, 0.29) is 5.91 Å². The van der Waals surface area contributed by atoms with E-state index in [1.54, 1.807) is 12.1 Å². The van der Waals surface area contributed by atoms with Crippen LogP contribution in [0.4, 0.5) is 0 Å². The monoisotopic (exact) mass is 315 g/mol. The van der Waals surface area contributed by atoms with Crippen LogP contribution in [0.2, 0.25) is 5.02 Å². The van der Waals surface area contributed by atoms with E-state index < -0.39 is 0 Å². The molecule has 1 aliphatic rings. The molecule has 1 saturated carbocycles. The average Bonchev–Trinajstić information content (AvgIpc) is 3.10. The molecule has 0 unspecified atom stereocenters.